The van der Waals surface area contributed by atoms with E-state index in [1.54, 1.807) is 0 Å². The lowest BCUT2D eigenvalue weighted by Crippen LogP contribution is -2.23. The Labute approximate surface area is 112 Å². The first kappa shape index (κ1) is 13.1. The van der Waals surface area contributed by atoms with Crippen LogP contribution >= 0.6 is 15.9 Å². The van der Waals surface area contributed by atoms with Crippen molar-refractivity contribution in [3.05, 3.63) is 34.3 Å². The van der Waals surface area contributed by atoms with E-state index in [2.05, 4.69) is 46.4 Å². The van der Waals surface area contributed by atoms with Crippen molar-refractivity contribution in [2.24, 2.45) is 0 Å². The normalized spacial score (nSPS) is 21.6. The summed E-state index contributed by atoms with van der Waals surface area (Å²) in [5, 5.41) is 3.56. The van der Waals surface area contributed by atoms with Gasteiger partial charge in [-0.2, -0.15) is 0 Å². The second kappa shape index (κ2) is 6.53. The summed E-state index contributed by atoms with van der Waals surface area (Å²) in [6.07, 6.45) is 4.05. The van der Waals surface area contributed by atoms with Gasteiger partial charge in [-0.3, -0.25) is 0 Å². The molecule has 2 unspecified atom stereocenters. The molecule has 2 rings (SSSR count). The Bertz CT molecular complexity index is 350. The van der Waals surface area contributed by atoms with Gasteiger partial charge in [-0.05, 0) is 44.4 Å². The van der Waals surface area contributed by atoms with Crippen LogP contribution in [0.5, 0.6) is 0 Å². The Hall–Kier alpha value is -0.380. The molecule has 0 saturated carbocycles. The van der Waals surface area contributed by atoms with Crippen molar-refractivity contribution >= 4 is 15.9 Å². The molecule has 1 aliphatic rings. The van der Waals surface area contributed by atoms with Crippen LogP contribution in [0.4, 0.5) is 0 Å². The van der Waals surface area contributed by atoms with E-state index < -0.39 is 0 Å². The Morgan fingerprint density at radius 2 is 2.29 bits per heavy atom. The molecule has 3 heteroatoms. The van der Waals surface area contributed by atoms with Gasteiger partial charge in [0.2, 0.25) is 0 Å². The minimum atomic E-state index is 0.381. The lowest BCUT2D eigenvalue weighted by Gasteiger charge is -2.17. The first-order valence-corrected chi connectivity index (χ1v) is 7.16. The van der Waals surface area contributed by atoms with E-state index in [0.717, 1.165) is 19.6 Å². The fourth-order valence-electron chi connectivity index (χ4n) is 2.27. The maximum absolute atomic E-state index is 5.61. The van der Waals surface area contributed by atoms with E-state index in [0.29, 0.717) is 12.1 Å². The van der Waals surface area contributed by atoms with Crippen LogP contribution in [0.1, 0.15) is 37.8 Å². The summed E-state index contributed by atoms with van der Waals surface area (Å²) < 4.78 is 6.79. The number of rotatable bonds is 5. The maximum Gasteiger partial charge on any atom is 0.0588 e. The van der Waals surface area contributed by atoms with Gasteiger partial charge in [-0.25, -0.2) is 0 Å². The van der Waals surface area contributed by atoms with Gasteiger partial charge in [0.1, 0.15) is 0 Å². The molecule has 1 N–H and O–H groups in total. The van der Waals surface area contributed by atoms with Gasteiger partial charge in [0, 0.05) is 17.1 Å². The third kappa shape index (κ3) is 3.80. The van der Waals surface area contributed by atoms with Crippen LogP contribution in [0.2, 0.25) is 0 Å². The third-order valence-electron chi connectivity index (χ3n) is 3.31. The van der Waals surface area contributed by atoms with Crippen LogP contribution in [0, 0.1) is 0 Å². The molecule has 0 amide bonds. The SMILES string of the molecule is CC(NCCC1CCCO1)c1ccccc1Br. The zero-order valence-corrected chi connectivity index (χ0v) is 11.9. The predicted molar refractivity (Wildman–Crippen MR) is 74.2 cm³/mol. The van der Waals surface area contributed by atoms with Crippen molar-refractivity contribution in [3.8, 4) is 0 Å². The zero-order valence-electron chi connectivity index (χ0n) is 10.3. The fourth-order valence-corrected chi connectivity index (χ4v) is 2.90. The Balaban J connectivity index is 1.77. The largest absolute Gasteiger partial charge is 0.378 e. The van der Waals surface area contributed by atoms with Crippen LogP contribution in [-0.4, -0.2) is 19.3 Å². The van der Waals surface area contributed by atoms with Crippen molar-refractivity contribution in [2.75, 3.05) is 13.2 Å². The molecule has 1 aromatic rings. The highest BCUT2D eigenvalue weighted by molar-refractivity contribution is 9.10. The number of nitrogens with one attached hydrogen (secondary N) is 1. The number of hydrogen-bond donors (Lipinski definition) is 1. The standard InChI is InChI=1S/C14H20BrNO/c1-11(13-6-2-3-7-14(13)15)16-9-8-12-5-4-10-17-12/h2-3,6-7,11-12,16H,4-5,8-10H2,1H3. The quantitative estimate of drug-likeness (QED) is 0.895. The average molecular weight is 298 g/mol. The van der Waals surface area contributed by atoms with Crippen molar-refractivity contribution in [1.82, 2.24) is 5.32 Å². The second-order valence-corrected chi connectivity index (χ2v) is 5.48. The summed E-state index contributed by atoms with van der Waals surface area (Å²) in [7, 11) is 0. The first-order chi connectivity index (χ1) is 8.27. The molecule has 1 heterocycles. The van der Waals surface area contributed by atoms with Gasteiger partial charge in [0.25, 0.3) is 0 Å². The van der Waals surface area contributed by atoms with Crippen LogP contribution in [0.3, 0.4) is 0 Å². The van der Waals surface area contributed by atoms with Crippen LogP contribution in [-0.2, 0) is 4.74 Å². The molecule has 1 aromatic carbocycles. The van der Waals surface area contributed by atoms with E-state index in [-0.39, 0.29) is 0 Å². The Morgan fingerprint density at radius 3 is 3.00 bits per heavy atom. The molecule has 1 fully saturated rings. The van der Waals surface area contributed by atoms with E-state index in [1.807, 2.05) is 6.07 Å². The number of hydrogen-bond acceptors (Lipinski definition) is 2. The van der Waals surface area contributed by atoms with E-state index in [1.165, 1.54) is 22.9 Å². The number of benzene rings is 1. The van der Waals surface area contributed by atoms with Crippen molar-refractivity contribution in [1.29, 1.82) is 0 Å². The molecule has 1 aliphatic heterocycles. The molecule has 94 valence electrons. The molecule has 17 heavy (non-hydrogen) atoms. The lowest BCUT2D eigenvalue weighted by atomic mass is 10.1. The van der Waals surface area contributed by atoms with Crippen LogP contribution in [0.15, 0.2) is 28.7 Å². The predicted octanol–water partition coefficient (Wildman–Crippen LogP) is 3.67. The van der Waals surface area contributed by atoms with Crippen LogP contribution in [0.25, 0.3) is 0 Å². The summed E-state index contributed by atoms with van der Waals surface area (Å²) >= 11 is 3.59. The van der Waals surface area contributed by atoms with Crippen molar-refractivity contribution < 1.29 is 4.74 Å². The molecule has 2 atom stereocenters. The summed E-state index contributed by atoms with van der Waals surface area (Å²) in [4.78, 5) is 0. The lowest BCUT2D eigenvalue weighted by molar-refractivity contribution is 0.103. The molecular formula is C14H20BrNO. The van der Waals surface area contributed by atoms with Crippen molar-refractivity contribution in [2.45, 2.75) is 38.3 Å². The van der Waals surface area contributed by atoms with Gasteiger partial charge >= 0.3 is 0 Å². The minimum absolute atomic E-state index is 0.381. The maximum atomic E-state index is 5.61. The second-order valence-electron chi connectivity index (χ2n) is 4.62. The molecule has 1 saturated heterocycles. The highest BCUT2D eigenvalue weighted by Gasteiger charge is 2.15. The summed E-state index contributed by atoms with van der Waals surface area (Å²) in [6, 6.07) is 8.76. The zero-order chi connectivity index (χ0) is 12.1. The Morgan fingerprint density at radius 1 is 1.47 bits per heavy atom. The van der Waals surface area contributed by atoms with E-state index >= 15 is 0 Å². The molecule has 0 aromatic heterocycles. The third-order valence-corrected chi connectivity index (χ3v) is 4.03. The smallest absolute Gasteiger partial charge is 0.0588 e. The van der Waals surface area contributed by atoms with Crippen LogP contribution < -0.4 is 5.32 Å². The topological polar surface area (TPSA) is 21.3 Å². The fraction of sp³-hybridized carbons (Fsp3) is 0.571. The summed E-state index contributed by atoms with van der Waals surface area (Å²) in [5.41, 5.74) is 1.32. The Kier molecular flexibility index (Phi) is 5.01. The molecular weight excluding hydrogens is 278 g/mol. The van der Waals surface area contributed by atoms with Gasteiger partial charge in [0.05, 0.1) is 6.10 Å². The summed E-state index contributed by atoms with van der Waals surface area (Å²) in [6.45, 7) is 4.17. The van der Waals surface area contributed by atoms with Gasteiger partial charge < -0.3 is 10.1 Å². The molecule has 0 radical (unpaired) electrons. The average Bonchev–Trinajstić information content (AvgIpc) is 2.82. The molecule has 0 aliphatic carbocycles. The van der Waals surface area contributed by atoms with Crippen molar-refractivity contribution in [3.63, 3.8) is 0 Å². The van der Waals surface area contributed by atoms with Gasteiger partial charge in [-0.1, -0.05) is 34.1 Å². The number of halogens is 1. The highest BCUT2D eigenvalue weighted by atomic mass is 79.9. The molecule has 0 spiro atoms. The monoisotopic (exact) mass is 297 g/mol. The minimum Gasteiger partial charge on any atom is -0.378 e. The van der Waals surface area contributed by atoms with E-state index in [9.17, 15) is 0 Å². The molecule has 0 bridgehead atoms. The van der Waals surface area contributed by atoms with Gasteiger partial charge in [-0.15, -0.1) is 0 Å². The summed E-state index contributed by atoms with van der Waals surface area (Å²) in [5.74, 6) is 0. The highest BCUT2D eigenvalue weighted by Crippen LogP contribution is 2.23. The number of ether oxygens (including phenoxy) is 1. The van der Waals surface area contributed by atoms with Gasteiger partial charge in [0.15, 0.2) is 0 Å². The van der Waals surface area contributed by atoms with E-state index in [4.69, 9.17) is 4.74 Å². The molecule has 2 nitrogen and oxygen atoms in total. The first-order valence-electron chi connectivity index (χ1n) is 6.37.